The highest BCUT2D eigenvalue weighted by Crippen LogP contribution is 2.29. The van der Waals surface area contributed by atoms with E-state index in [1.807, 2.05) is 0 Å². The van der Waals surface area contributed by atoms with Crippen molar-refractivity contribution in [1.82, 2.24) is 5.32 Å². The zero-order valence-corrected chi connectivity index (χ0v) is 9.67. The largest absolute Gasteiger partial charge is 0.390 e. The molecule has 1 nitrogen and oxygen atoms in total. The van der Waals surface area contributed by atoms with Crippen molar-refractivity contribution < 1.29 is 13.2 Å². The monoisotopic (exact) mass is 243 g/mol. The Kier molecular flexibility index (Phi) is 4.75. The molecule has 0 aromatic heterocycles. The van der Waals surface area contributed by atoms with Crippen LogP contribution < -0.4 is 5.32 Å². The average molecular weight is 243 g/mol. The second kappa shape index (κ2) is 5.87. The lowest BCUT2D eigenvalue weighted by Crippen LogP contribution is -2.32. The molecule has 0 aliphatic rings. The Morgan fingerprint density at radius 1 is 1.29 bits per heavy atom. The molecule has 1 rings (SSSR count). The number of hydrogen-bond donors (Lipinski definition) is 1. The quantitative estimate of drug-likeness (QED) is 0.775. The lowest BCUT2D eigenvalue weighted by atomic mass is 10.0. The molecule has 0 bridgehead atoms. The molecule has 1 aromatic rings. The van der Waals surface area contributed by atoms with E-state index in [1.54, 1.807) is 43.3 Å². The van der Waals surface area contributed by atoms with Gasteiger partial charge < -0.3 is 5.32 Å². The van der Waals surface area contributed by atoms with Crippen molar-refractivity contribution in [3.05, 3.63) is 48.6 Å². The number of halogens is 3. The van der Waals surface area contributed by atoms with Crippen LogP contribution in [-0.4, -0.2) is 12.2 Å². The van der Waals surface area contributed by atoms with Gasteiger partial charge in [0.2, 0.25) is 0 Å². The fourth-order valence-corrected chi connectivity index (χ4v) is 1.58. The van der Waals surface area contributed by atoms with Crippen molar-refractivity contribution in [2.75, 3.05) is 0 Å². The molecule has 0 saturated heterocycles. The fourth-order valence-electron chi connectivity index (χ4n) is 1.58. The predicted molar refractivity (Wildman–Crippen MR) is 62.6 cm³/mol. The molecule has 0 radical (unpaired) electrons. The standard InChI is InChI=1S/C13H16F3N/c1-3-10(2)17-12(9-13(14,15)16)11-7-5-4-6-8-11/h3-8,10,12,17H,1,9H2,2H3. The maximum absolute atomic E-state index is 12.5. The molecule has 2 atom stereocenters. The molecular formula is C13H16F3N. The van der Waals surface area contributed by atoms with Crippen LogP contribution in [0.4, 0.5) is 13.2 Å². The first-order valence-corrected chi connectivity index (χ1v) is 5.42. The van der Waals surface area contributed by atoms with Gasteiger partial charge in [-0.25, -0.2) is 0 Å². The minimum absolute atomic E-state index is 0.164. The summed E-state index contributed by atoms with van der Waals surface area (Å²) in [4.78, 5) is 0. The highest BCUT2D eigenvalue weighted by atomic mass is 19.4. The Bertz CT molecular complexity index is 345. The second-order valence-electron chi connectivity index (χ2n) is 3.97. The molecular weight excluding hydrogens is 227 g/mol. The molecule has 0 saturated carbocycles. The molecule has 94 valence electrons. The summed E-state index contributed by atoms with van der Waals surface area (Å²) in [7, 11) is 0. The van der Waals surface area contributed by atoms with Crippen molar-refractivity contribution >= 4 is 0 Å². The van der Waals surface area contributed by atoms with Gasteiger partial charge in [0.05, 0.1) is 6.42 Å². The number of hydrogen-bond acceptors (Lipinski definition) is 1. The topological polar surface area (TPSA) is 12.0 Å². The molecule has 0 heterocycles. The Morgan fingerprint density at radius 3 is 2.35 bits per heavy atom. The second-order valence-corrected chi connectivity index (χ2v) is 3.97. The van der Waals surface area contributed by atoms with Crippen LogP contribution in [0.1, 0.15) is 24.9 Å². The zero-order chi connectivity index (χ0) is 12.9. The first kappa shape index (κ1) is 13.8. The van der Waals surface area contributed by atoms with Gasteiger partial charge in [0, 0.05) is 12.1 Å². The van der Waals surface area contributed by atoms with Crippen molar-refractivity contribution in [3.63, 3.8) is 0 Å². The maximum atomic E-state index is 12.5. The number of rotatable bonds is 5. The summed E-state index contributed by atoms with van der Waals surface area (Å²) in [6, 6.07) is 7.74. The lowest BCUT2D eigenvalue weighted by Gasteiger charge is -2.23. The molecule has 0 fully saturated rings. The van der Waals surface area contributed by atoms with E-state index >= 15 is 0 Å². The first-order chi connectivity index (χ1) is 7.92. The molecule has 17 heavy (non-hydrogen) atoms. The van der Waals surface area contributed by atoms with Gasteiger partial charge in [0.15, 0.2) is 0 Å². The highest BCUT2D eigenvalue weighted by molar-refractivity contribution is 5.19. The molecule has 0 aliphatic heterocycles. The van der Waals surface area contributed by atoms with Gasteiger partial charge in [-0.2, -0.15) is 13.2 Å². The van der Waals surface area contributed by atoms with Crippen LogP contribution in [0.3, 0.4) is 0 Å². The fraction of sp³-hybridized carbons (Fsp3) is 0.385. The summed E-state index contributed by atoms with van der Waals surface area (Å²) in [6.45, 7) is 5.34. The van der Waals surface area contributed by atoms with E-state index in [-0.39, 0.29) is 6.04 Å². The third kappa shape index (κ3) is 5.04. The van der Waals surface area contributed by atoms with Gasteiger partial charge >= 0.3 is 6.18 Å². The highest BCUT2D eigenvalue weighted by Gasteiger charge is 2.32. The number of benzene rings is 1. The van der Waals surface area contributed by atoms with E-state index in [0.717, 1.165) is 0 Å². The van der Waals surface area contributed by atoms with Gasteiger partial charge in [-0.3, -0.25) is 0 Å². The molecule has 0 amide bonds. The van der Waals surface area contributed by atoms with E-state index in [2.05, 4.69) is 11.9 Å². The van der Waals surface area contributed by atoms with Crippen molar-refractivity contribution in [1.29, 1.82) is 0 Å². The summed E-state index contributed by atoms with van der Waals surface area (Å²) in [5.41, 5.74) is 0.638. The maximum Gasteiger partial charge on any atom is 0.390 e. The van der Waals surface area contributed by atoms with Crippen molar-refractivity contribution in [3.8, 4) is 0 Å². The van der Waals surface area contributed by atoms with Gasteiger partial charge in [-0.05, 0) is 12.5 Å². The molecule has 4 heteroatoms. The van der Waals surface area contributed by atoms with E-state index in [0.29, 0.717) is 5.56 Å². The van der Waals surface area contributed by atoms with Crippen LogP contribution in [-0.2, 0) is 0 Å². The van der Waals surface area contributed by atoms with Crippen LogP contribution >= 0.6 is 0 Å². The number of alkyl halides is 3. The van der Waals surface area contributed by atoms with Crippen LogP contribution in [0.5, 0.6) is 0 Å². The molecule has 2 unspecified atom stereocenters. The van der Waals surface area contributed by atoms with Crippen LogP contribution in [0.2, 0.25) is 0 Å². The summed E-state index contributed by atoms with van der Waals surface area (Å²) in [5.74, 6) is 0. The molecule has 1 N–H and O–H groups in total. The van der Waals surface area contributed by atoms with Gasteiger partial charge in [-0.15, -0.1) is 6.58 Å². The Morgan fingerprint density at radius 2 is 1.88 bits per heavy atom. The molecule has 0 spiro atoms. The Labute approximate surface area is 99.3 Å². The first-order valence-electron chi connectivity index (χ1n) is 5.42. The van der Waals surface area contributed by atoms with Crippen molar-refractivity contribution in [2.45, 2.75) is 31.6 Å². The summed E-state index contributed by atoms with van der Waals surface area (Å²) < 4.78 is 37.4. The summed E-state index contributed by atoms with van der Waals surface area (Å²) in [6.07, 6.45) is -3.48. The van der Waals surface area contributed by atoms with E-state index < -0.39 is 18.6 Å². The van der Waals surface area contributed by atoms with Crippen LogP contribution in [0.15, 0.2) is 43.0 Å². The van der Waals surface area contributed by atoms with E-state index in [9.17, 15) is 13.2 Å². The zero-order valence-electron chi connectivity index (χ0n) is 9.67. The van der Waals surface area contributed by atoms with Crippen LogP contribution in [0.25, 0.3) is 0 Å². The average Bonchev–Trinajstić information content (AvgIpc) is 2.27. The van der Waals surface area contributed by atoms with Gasteiger partial charge in [-0.1, -0.05) is 36.4 Å². The Balaban J connectivity index is 2.83. The van der Waals surface area contributed by atoms with Crippen molar-refractivity contribution in [2.24, 2.45) is 0 Å². The minimum atomic E-state index is -4.19. The normalized spacial score (nSPS) is 15.3. The summed E-state index contributed by atoms with van der Waals surface area (Å²) in [5, 5.41) is 2.90. The number of nitrogens with one attached hydrogen (secondary N) is 1. The third-order valence-electron chi connectivity index (χ3n) is 2.46. The lowest BCUT2D eigenvalue weighted by molar-refractivity contribution is -0.140. The van der Waals surface area contributed by atoms with Gasteiger partial charge in [0.25, 0.3) is 0 Å². The van der Waals surface area contributed by atoms with E-state index in [1.165, 1.54) is 0 Å². The molecule has 0 aliphatic carbocycles. The Hall–Kier alpha value is -1.29. The smallest absolute Gasteiger partial charge is 0.304 e. The molecule has 1 aromatic carbocycles. The third-order valence-corrected chi connectivity index (χ3v) is 2.46. The SMILES string of the molecule is C=CC(C)NC(CC(F)(F)F)c1ccccc1. The van der Waals surface area contributed by atoms with Gasteiger partial charge in [0.1, 0.15) is 0 Å². The minimum Gasteiger partial charge on any atom is -0.304 e. The van der Waals surface area contributed by atoms with E-state index in [4.69, 9.17) is 0 Å². The van der Waals surface area contributed by atoms with Crippen LogP contribution in [0, 0.1) is 0 Å². The predicted octanol–water partition coefficient (Wildman–Crippen LogP) is 3.84. The summed E-state index contributed by atoms with van der Waals surface area (Å²) >= 11 is 0.